The van der Waals surface area contributed by atoms with Gasteiger partial charge < -0.3 is 15.6 Å². The van der Waals surface area contributed by atoms with Gasteiger partial charge in [-0.15, -0.1) is 0 Å². The van der Waals surface area contributed by atoms with Crippen molar-refractivity contribution < 1.29 is 9.84 Å². The zero-order valence-corrected chi connectivity index (χ0v) is 11.1. The van der Waals surface area contributed by atoms with E-state index in [9.17, 15) is 5.11 Å². The highest BCUT2D eigenvalue weighted by atomic mass is 16.5. The minimum Gasteiger partial charge on any atom is -0.394 e. The molecule has 1 aliphatic heterocycles. The fourth-order valence-corrected chi connectivity index (χ4v) is 3.33. The molecule has 0 amide bonds. The number of nitrogens with zero attached hydrogens (tertiary/aromatic N) is 1. The molecule has 1 saturated carbocycles. The summed E-state index contributed by atoms with van der Waals surface area (Å²) in [6.45, 7) is 6.37. The molecule has 0 spiro atoms. The first-order chi connectivity index (χ1) is 8.02. The number of aliphatic hydroxyl groups is 1. The van der Waals surface area contributed by atoms with Crippen LogP contribution < -0.4 is 5.73 Å². The van der Waals surface area contributed by atoms with Gasteiger partial charge in [0, 0.05) is 24.7 Å². The quantitative estimate of drug-likeness (QED) is 0.749. The summed E-state index contributed by atoms with van der Waals surface area (Å²) in [6, 6.07) is 0.523. The number of ether oxygens (including phenoxy) is 1. The number of rotatable bonds is 2. The molecule has 2 aliphatic rings. The molecule has 4 nitrogen and oxygen atoms in total. The van der Waals surface area contributed by atoms with Gasteiger partial charge >= 0.3 is 0 Å². The van der Waals surface area contributed by atoms with Crippen LogP contribution in [0.15, 0.2) is 0 Å². The topological polar surface area (TPSA) is 58.7 Å². The summed E-state index contributed by atoms with van der Waals surface area (Å²) in [5, 5.41) is 9.40. The van der Waals surface area contributed by atoms with Crippen molar-refractivity contribution >= 4 is 0 Å². The van der Waals surface area contributed by atoms with E-state index in [4.69, 9.17) is 10.5 Å². The Morgan fingerprint density at radius 1 is 1.35 bits per heavy atom. The molecule has 0 bridgehead atoms. The third kappa shape index (κ3) is 3.19. The van der Waals surface area contributed by atoms with Crippen LogP contribution in [0.3, 0.4) is 0 Å². The van der Waals surface area contributed by atoms with Crippen LogP contribution in [0.4, 0.5) is 0 Å². The van der Waals surface area contributed by atoms with Crippen molar-refractivity contribution in [2.75, 3.05) is 19.7 Å². The fourth-order valence-electron chi connectivity index (χ4n) is 3.33. The maximum Gasteiger partial charge on any atom is 0.0678 e. The predicted molar refractivity (Wildman–Crippen MR) is 67.8 cm³/mol. The van der Waals surface area contributed by atoms with Crippen molar-refractivity contribution in [2.45, 2.75) is 63.3 Å². The third-order valence-corrected chi connectivity index (χ3v) is 4.13. The van der Waals surface area contributed by atoms with Crippen molar-refractivity contribution in [2.24, 2.45) is 5.73 Å². The Balaban J connectivity index is 1.97. The fraction of sp³-hybridized carbons (Fsp3) is 1.00. The summed E-state index contributed by atoms with van der Waals surface area (Å²) in [6.07, 6.45) is 4.82. The summed E-state index contributed by atoms with van der Waals surface area (Å²) in [5.41, 5.74) is 5.86. The van der Waals surface area contributed by atoms with Crippen LogP contribution in [0.2, 0.25) is 0 Å². The number of morpholine rings is 1. The standard InChI is InChI=1S/C13H26N2O2/c1-10-7-15(8-11(2)17-10)12-4-3-5-13(14,6-12)9-16/h10-12,16H,3-9,14H2,1-2H3/t10-,11+,12?,13?. The van der Waals surface area contributed by atoms with Gasteiger partial charge in [-0.3, -0.25) is 4.90 Å². The van der Waals surface area contributed by atoms with Crippen molar-refractivity contribution in [1.82, 2.24) is 4.90 Å². The first-order valence-corrected chi connectivity index (χ1v) is 6.82. The molecule has 0 radical (unpaired) electrons. The zero-order valence-electron chi connectivity index (χ0n) is 11.1. The molecular weight excluding hydrogens is 216 g/mol. The average Bonchev–Trinajstić information content (AvgIpc) is 2.28. The summed E-state index contributed by atoms with van der Waals surface area (Å²) in [4.78, 5) is 2.51. The molecule has 2 unspecified atom stereocenters. The van der Waals surface area contributed by atoms with Crippen molar-refractivity contribution in [1.29, 1.82) is 0 Å². The monoisotopic (exact) mass is 242 g/mol. The van der Waals surface area contributed by atoms with Crippen LogP contribution in [0.5, 0.6) is 0 Å². The van der Waals surface area contributed by atoms with E-state index in [1.165, 1.54) is 6.42 Å². The van der Waals surface area contributed by atoms with Gasteiger partial charge in [-0.25, -0.2) is 0 Å². The van der Waals surface area contributed by atoms with Gasteiger partial charge in [0.15, 0.2) is 0 Å². The SMILES string of the molecule is C[C@@H]1CN(C2CCCC(N)(CO)C2)C[C@H](C)O1. The summed E-state index contributed by atoms with van der Waals surface area (Å²) < 4.78 is 5.76. The van der Waals surface area contributed by atoms with Crippen molar-refractivity contribution in [3.63, 3.8) is 0 Å². The third-order valence-electron chi connectivity index (χ3n) is 4.13. The highest BCUT2D eigenvalue weighted by Gasteiger charge is 2.37. The lowest BCUT2D eigenvalue weighted by Gasteiger charge is -2.45. The van der Waals surface area contributed by atoms with E-state index >= 15 is 0 Å². The van der Waals surface area contributed by atoms with Crippen LogP contribution >= 0.6 is 0 Å². The number of hydrogen-bond donors (Lipinski definition) is 2. The van der Waals surface area contributed by atoms with Crippen molar-refractivity contribution in [3.05, 3.63) is 0 Å². The predicted octanol–water partition coefficient (Wildman–Crippen LogP) is 0.728. The Morgan fingerprint density at radius 2 is 2.00 bits per heavy atom. The van der Waals surface area contributed by atoms with E-state index < -0.39 is 0 Å². The maximum atomic E-state index is 9.40. The first-order valence-electron chi connectivity index (χ1n) is 6.82. The lowest BCUT2D eigenvalue weighted by molar-refractivity contribution is -0.0883. The molecule has 1 aliphatic carbocycles. The lowest BCUT2D eigenvalue weighted by atomic mass is 9.79. The van der Waals surface area contributed by atoms with Gasteiger partial charge in [-0.2, -0.15) is 0 Å². The second-order valence-electron chi connectivity index (χ2n) is 5.98. The van der Waals surface area contributed by atoms with Gasteiger partial charge in [0.2, 0.25) is 0 Å². The molecule has 0 aromatic heterocycles. The van der Waals surface area contributed by atoms with E-state index in [2.05, 4.69) is 18.7 Å². The lowest BCUT2D eigenvalue weighted by Crippen LogP contribution is -2.57. The Morgan fingerprint density at radius 3 is 2.59 bits per heavy atom. The second kappa shape index (κ2) is 5.22. The Labute approximate surface area is 104 Å². The maximum absolute atomic E-state index is 9.40. The van der Waals surface area contributed by atoms with E-state index in [1.807, 2.05) is 0 Å². The number of hydrogen-bond acceptors (Lipinski definition) is 4. The molecular formula is C13H26N2O2. The molecule has 2 rings (SSSR count). The summed E-state index contributed by atoms with van der Waals surface area (Å²) in [5.74, 6) is 0. The molecule has 2 fully saturated rings. The average molecular weight is 242 g/mol. The summed E-state index contributed by atoms with van der Waals surface area (Å²) in [7, 11) is 0. The van der Waals surface area contributed by atoms with Gasteiger partial charge in [-0.05, 0) is 39.5 Å². The molecule has 0 aromatic rings. The van der Waals surface area contributed by atoms with Gasteiger partial charge in [-0.1, -0.05) is 0 Å². The van der Waals surface area contributed by atoms with E-state index in [1.54, 1.807) is 0 Å². The number of nitrogens with two attached hydrogens (primary N) is 1. The van der Waals surface area contributed by atoms with Crippen LogP contribution in [-0.4, -0.2) is 53.5 Å². The van der Waals surface area contributed by atoms with Crippen LogP contribution in [-0.2, 0) is 4.74 Å². The Kier molecular flexibility index (Phi) is 4.08. The highest BCUT2D eigenvalue weighted by Crippen LogP contribution is 2.30. The van der Waals surface area contributed by atoms with E-state index in [-0.39, 0.29) is 12.1 Å². The molecule has 100 valence electrons. The van der Waals surface area contributed by atoms with E-state index in [0.29, 0.717) is 18.2 Å². The minimum atomic E-state index is -0.353. The molecule has 1 saturated heterocycles. The van der Waals surface area contributed by atoms with Gasteiger partial charge in [0.25, 0.3) is 0 Å². The molecule has 3 N–H and O–H groups in total. The smallest absolute Gasteiger partial charge is 0.0678 e. The van der Waals surface area contributed by atoms with Crippen LogP contribution in [0, 0.1) is 0 Å². The second-order valence-corrected chi connectivity index (χ2v) is 5.98. The van der Waals surface area contributed by atoms with Crippen LogP contribution in [0.25, 0.3) is 0 Å². The van der Waals surface area contributed by atoms with Crippen LogP contribution in [0.1, 0.15) is 39.5 Å². The molecule has 1 heterocycles. The van der Waals surface area contributed by atoms with Gasteiger partial charge in [0.1, 0.15) is 0 Å². The first kappa shape index (κ1) is 13.3. The normalized spacial score (nSPS) is 44.8. The Hall–Kier alpha value is -0.160. The largest absolute Gasteiger partial charge is 0.394 e. The van der Waals surface area contributed by atoms with Crippen molar-refractivity contribution in [3.8, 4) is 0 Å². The zero-order chi connectivity index (χ0) is 12.5. The Bertz CT molecular complexity index is 252. The molecule has 4 atom stereocenters. The highest BCUT2D eigenvalue weighted by molar-refractivity contribution is 4.95. The molecule has 4 heteroatoms. The van der Waals surface area contributed by atoms with E-state index in [0.717, 1.165) is 32.4 Å². The molecule has 17 heavy (non-hydrogen) atoms. The summed E-state index contributed by atoms with van der Waals surface area (Å²) >= 11 is 0. The van der Waals surface area contributed by atoms with Gasteiger partial charge in [0.05, 0.1) is 18.8 Å². The minimum absolute atomic E-state index is 0.110. The number of aliphatic hydroxyl groups excluding tert-OH is 1. The molecule has 0 aromatic carbocycles.